The zero-order chi connectivity index (χ0) is 15.2. The summed E-state index contributed by atoms with van der Waals surface area (Å²) < 4.78 is 12.7. The highest BCUT2D eigenvalue weighted by Gasteiger charge is 2.22. The predicted molar refractivity (Wildman–Crippen MR) is 84.4 cm³/mol. The second-order valence-corrected chi connectivity index (χ2v) is 5.25. The molecule has 122 valence electrons. The maximum atomic E-state index is 12.7. The van der Waals surface area contributed by atoms with Gasteiger partial charge < -0.3 is 16.0 Å². The van der Waals surface area contributed by atoms with Crippen molar-refractivity contribution in [1.82, 2.24) is 10.2 Å². The Morgan fingerprint density at radius 3 is 2.59 bits per heavy atom. The van der Waals surface area contributed by atoms with Crippen molar-refractivity contribution in [3.8, 4) is 0 Å². The molecule has 22 heavy (non-hydrogen) atoms. The van der Waals surface area contributed by atoms with E-state index in [4.69, 9.17) is 5.73 Å². The van der Waals surface area contributed by atoms with Crippen LogP contribution in [0.15, 0.2) is 24.3 Å². The van der Waals surface area contributed by atoms with Crippen LogP contribution < -0.4 is 11.1 Å². The highest BCUT2D eigenvalue weighted by atomic mass is 35.5. The van der Waals surface area contributed by atoms with Crippen LogP contribution in [0.3, 0.4) is 0 Å². The van der Waals surface area contributed by atoms with E-state index in [2.05, 4.69) is 5.32 Å². The van der Waals surface area contributed by atoms with Gasteiger partial charge in [0, 0.05) is 37.7 Å². The second-order valence-electron chi connectivity index (χ2n) is 5.25. The van der Waals surface area contributed by atoms with Gasteiger partial charge in [0.05, 0.1) is 0 Å². The lowest BCUT2D eigenvalue weighted by Crippen LogP contribution is -2.32. The number of carbonyl (C=O) groups excluding carboxylic acids is 2. The molecule has 7 heteroatoms. The summed E-state index contributed by atoms with van der Waals surface area (Å²) in [5, 5.41) is 2.72. The molecule has 1 aromatic rings. The van der Waals surface area contributed by atoms with Crippen molar-refractivity contribution in [3.05, 3.63) is 35.6 Å². The minimum Gasteiger partial charge on any atom is -0.352 e. The van der Waals surface area contributed by atoms with Crippen LogP contribution in [0, 0.1) is 5.82 Å². The molecule has 1 saturated heterocycles. The molecule has 5 nitrogen and oxygen atoms in total. The lowest BCUT2D eigenvalue weighted by molar-refractivity contribution is -0.130. The lowest BCUT2D eigenvalue weighted by atomic mass is 10.2. The summed E-state index contributed by atoms with van der Waals surface area (Å²) in [5.74, 6) is -0.550. The van der Waals surface area contributed by atoms with E-state index in [-0.39, 0.29) is 36.1 Å². The number of nitrogens with two attached hydrogens (primary N) is 1. The van der Waals surface area contributed by atoms with E-state index in [0.29, 0.717) is 31.5 Å². The Hall–Kier alpha value is -1.66. The molecule has 0 unspecified atom stereocenters. The summed E-state index contributed by atoms with van der Waals surface area (Å²) in [6, 6.07) is 5.44. The van der Waals surface area contributed by atoms with Crippen molar-refractivity contribution in [2.24, 2.45) is 5.73 Å². The number of halogens is 2. The zero-order valence-electron chi connectivity index (χ0n) is 12.3. The third-order valence-electron chi connectivity index (χ3n) is 3.54. The Kier molecular flexibility index (Phi) is 7.27. The van der Waals surface area contributed by atoms with E-state index in [0.717, 1.165) is 13.0 Å². The molecule has 1 aliphatic rings. The zero-order valence-corrected chi connectivity index (χ0v) is 13.1. The van der Waals surface area contributed by atoms with Crippen LogP contribution in [0.5, 0.6) is 0 Å². The summed E-state index contributed by atoms with van der Waals surface area (Å²) >= 11 is 0. The van der Waals surface area contributed by atoms with Gasteiger partial charge in [-0.3, -0.25) is 9.59 Å². The van der Waals surface area contributed by atoms with Crippen molar-refractivity contribution >= 4 is 24.2 Å². The molecule has 0 radical (unpaired) electrons. The van der Waals surface area contributed by atoms with Crippen LogP contribution in [0.2, 0.25) is 0 Å². The van der Waals surface area contributed by atoms with Crippen LogP contribution in [0.1, 0.15) is 29.6 Å². The fourth-order valence-corrected chi connectivity index (χ4v) is 2.32. The van der Waals surface area contributed by atoms with Gasteiger partial charge >= 0.3 is 0 Å². The van der Waals surface area contributed by atoms with Crippen molar-refractivity contribution in [3.63, 3.8) is 0 Å². The molecule has 2 amide bonds. The first-order chi connectivity index (χ1) is 10.1. The standard InChI is InChI=1S/C15H20FN3O2.ClH/c16-12-5-3-11(4-6-12)15(21)18-8-1-2-14(20)19-9-7-13(17)10-19;/h3-6,13H,1-2,7-10,17H2,(H,18,21);1H/t13-;/m1./s1. The molecule has 0 aliphatic carbocycles. The minimum absolute atomic E-state index is 0. The molecule has 0 bridgehead atoms. The number of benzene rings is 1. The molecule has 1 heterocycles. The van der Waals surface area contributed by atoms with E-state index < -0.39 is 0 Å². The molecule has 3 N–H and O–H groups in total. The van der Waals surface area contributed by atoms with Crippen molar-refractivity contribution < 1.29 is 14.0 Å². The number of amides is 2. The third-order valence-corrected chi connectivity index (χ3v) is 3.54. The number of nitrogens with one attached hydrogen (secondary N) is 1. The van der Waals surface area contributed by atoms with Crippen LogP contribution in [-0.4, -0.2) is 42.4 Å². The Morgan fingerprint density at radius 1 is 1.32 bits per heavy atom. The summed E-state index contributed by atoms with van der Waals surface area (Å²) in [4.78, 5) is 25.4. The van der Waals surface area contributed by atoms with Crippen molar-refractivity contribution in [1.29, 1.82) is 0 Å². The molecule has 1 atom stereocenters. The van der Waals surface area contributed by atoms with E-state index in [9.17, 15) is 14.0 Å². The Bertz CT molecular complexity index is 510. The van der Waals surface area contributed by atoms with E-state index in [1.807, 2.05) is 0 Å². The highest BCUT2D eigenvalue weighted by molar-refractivity contribution is 5.94. The molecule has 1 fully saturated rings. The maximum Gasteiger partial charge on any atom is 0.251 e. The summed E-state index contributed by atoms with van der Waals surface area (Å²) in [5.41, 5.74) is 6.17. The van der Waals surface area contributed by atoms with Crippen molar-refractivity contribution in [2.45, 2.75) is 25.3 Å². The highest BCUT2D eigenvalue weighted by Crippen LogP contribution is 2.09. The minimum atomic E-state index is -0.374. The maximum absolute atomic E-state index is 12.7. The van der Waals surface area contributed by atoms with Gasteiger partial charge in [-0.2, -0.15) is 0 Å². The van der Waals surface area contributed by atoms with Gasteiger partial charge in [-0.05, 0) is 37.1 Å². The smallest absolute Gasteiger partial charge is 0.251 e. The summed E-state index contributed by atoms with van der Waals surface area (Å²) in [6.07, 6.45) is 1.83. The van der Waals surface area contributed by atoms with Crippen LogP contribution >= 0.6 is 12.4 Å². The third kappa shape index (κ3) is 5.27. The van der Waals surface area contributed by atoms with Gasteiger partial charge in [0.15, 0.2) is 0 Å². The number of hydrogen-bond acceptors (Lipinski definition) is 3. The molecule has 0 aromatic heterocycles. The normalized spacial score (nSPS) is 17.0. The Balaban J connectivity index is 0.00000242. The number of hydrogen-bond donors (Lipinski definition) is 2. The Labute approximate surface area is 135 Å². The largest absolute Gasteiger partial charge is 0.352 e. The van der Waals surface area contributed by atoms with Crippen LogP contribution in [0.4, 0.5) is 4.39 Å². The summed E-state index contributed by atoms with van der Waals surface area (Å²) in [7, 11) is 0. The van der Waals surface area contributed by atoms with Crippen molar-refractivity contribution in [2.75, 3.05) is 19.6 Å². The molecule has 0 spiro atoms. The molecule has 2 rings (SSSR count). The van der Waals surface area contributed by atoms with Crippen LogP contribution in [-0.2, 0) is 4.79 Å². The molecule has 1 aromatic carbocycles. The number of likely N-dealkylation sites (tertiary alicyclic amines) is 1. The summed E-state index contributed by atoms with van der Waals surface area (Å²) in [6.45, 7) is 1.77. The topological polar surface area (TPSA) is 75.4 Å². The number of carbonyl (C=O) groups is 2. The molecular weight excluding hydrogens is 309 g/mol. The molecule has 1 aliphatic heterocycles. The van der Waals surface area contributed by atoms with E-state index in [1.165, 1.54) is 24.3 Å². The monoisotopic (exact) mass is 329 g/mol. The molecular formula is C15H21ClFN3O2. The SMILES string of the molecule is Cl.N[C@@H]1CCN(C(=O)CCCNC(=O)c2ccc(F)cc2)C1. The average molecular weight is 330 g/mol. The average Bonchev–Trinajstić information content (AvgIpc) is 2.90. The van der Waals surface area contributed by atoms with Gasteiger partial charge in [-0.25, -0.2) is 4.39 Å². The van der Waals surface area contributed by atoms with Gasteiger partial charge in [-0.1, -0.05) is 0 Å². The Morgan fingerprint density at radius 2 is 2.00 bits per heavy atom. The predicted octanol–water partition coefficient (Wildman–Crippen LogP) is 1.32. The van der Waals surface area contributed by atoms with Gasteiger partial charge in [0.2, 0.25) is 5.91 Å². The van der Waals surface area contributed by atoms with E-state index >= 15 is 0 Å². The van der Waals surface area contributed by atoms with Gasteiger partial charge in [0.1, 0.15) is 5.82 Å². The first kappa shape index (κ1) is 18.4. The van der Waals surface area contributed by atoms with Crippen LogP contribution in [0.25, 0.3) is 0 Å². The first-order valence-electron chi connectivity index (χ1n) is 7.13. The van der Waals surface area contributed by atoms with E-state index in [1.54, 1.807) is 4.90 Å². The second kappa shape index (κ2) is 8.70. The quantitative estimate of drug-likeness (QED) is 0.800. The fourth-order valence-electron chi connectivity index (χ4n) is 2.32. The number of nitrogens with zero attached hydrogens (tertiary/aromatic N) is 1. The molecule has 0 saturated carbocycles. The number of rotatable bonds is 5. The van der Waals surface area contributed by atoms with Gasteiger partial charge in [0.25, 0.3) is 5.91 Å². The first-order valence-corrected chi connectivity index (χ1v) is 7.13. The fraction of sp³-hybridized carbons (Fsp3) is 0.467. The lowest BCUT2D eigenvalue weighted by Gasteiger charge is -2.15. The van der Waals surface area contributed by atoms with Gasteiger partial charge in [-0.15, -0.1) is 12.4 Å².